The first-order chi connectivity index (χ1) is 7.17. The normalized spacial score (nSPS) is 21.0. The van der Waals surface area contributed by atoms with Crippen molar-refractivity contribution in [2.24, 2.45) is 5.41 Å². The summed E-state index contributed by atoms with van der Waals surface area (Å²) < 4.78 is 1.88. The molecule has 0 bridgehead atoms. The molecule has 15 heavy (non-hydrogen) atoms. The van der Waals surface area contributed by atoms with Gasteiger partial charge in [-0.3, -0.25) is 0 Å². The van der Waals surface area contributed by atoms with Gasteiger partial charge in [0.1, 0.15) is 0 Å². The minimum Gasteiger partial charge on any atom is -0.228 e. The Bertz CT molecular complexity index is 324. The Balaban J connectivity index is 2.13. The zero-order chi connectivity index (χ0) is 10.9. The highest BCUT2D eigenvalue weighted by atomic mass is 35.5. The van der Waals surface area contributed by atoms with Crippen LogP contribution in [0.3, 0.4) is 0 Å². The van der Waals surface area contributed by atoms with E-state index < -0.39 is 0 Å². The average molecular weight is 229 g/mol. The van der Waals surface area contributed by atoms with Crippen molar-refractivity contribution in [3.8, 4) is 0 Å². The van der Waals surface area contributed by atoms with Crippen molar-refractivity contribution in [2.45, 2.75) is 51.5 Å². The Morgan fingerprint density at radius 1 is 1.53 bits per heavy atom. The first-order valence-electron chi connectivity index (χ1n) is 5.57. The van der Waals surface area contributed by atoms with Crippen LogP contribution in [0, 0.1) is 5.41 Å². The third-order valence-corrected chi connectivity index (χ3v) is 3.76. The molecule has 0 aromatic carbocycles. The van der Waals surface area contributed by atoms with Crippen LogP contribution in [0.4, 0.5) is 0 Å². The molecule has 0 spiro atoms. The van der Waals surface area contributed by atoms with E-state index in [0.717, 1.165) is 12.4 Å². The molecule has 1 saturated carbocycles. The molecular weight excluding hydrogens is 212 g/mol. The standard InChI is InChI=1S/C10H17ClN4/c1-3-10(5-4-6-10)7-15-9(8(2)11)12-13-14-15/h8H,3-7H2,1-2H3. The van der Waals surface area contributed by atoms with Gasteiger partial charge in [-0.15, -0.1) is 16.7 Å². The smallest absolute Gasteiger partial charge is 0.168 e. The molecule has 1 atom stereocenters. The van der Waals surface area contributed by atoms with E-state index in [2.05, 4.69) is 22.4 Å². The molecule has 1 aliphatic rings. The number of tetrazole rings is 1. The number of aromatic nitrogens is 4. The first kappa shape index (κ1) is 10.9. The van der Waals surface area contributed by atoms with Crippen molar-refractivity contribution in [3.63, 3.8) is 0 Å². The van der Waals surface area contributed by atoms with Crippen molar-refractivity contribution in [2.75, 3.05) is 0 Å². The van der Waals surface area contributed by atoms with Crippen LogP contribution in [0.15, 0.2) is 0 Å². The van der Waals surface area contributed by atoms with E-state index in [9.17, 15) is 0 Å². The van der Waals surface area contributed by atoms with Crippen molar-refractivity contribution < 1.29 is 0 Å². The first-order valence-corrected chi connectivity index (χ1v) is 6.01. The van der Waals surface area contributed by atoms with Crippen LogP contribution in [0.25, 0.3) is 0 Å². The van der Waals surface area contributed by atoms with E-state index in [4.69, 9.17) is 11.6 Å². The predicted octanol–water partition coefficient (Wildman–Crippen LogP) is 2.55. The molecule has 0 amide bonds. The molecule has 0 radical (unpaired) electrons. The zero-order valence-electron chi connectivity index (χ0n) is 9.28. The Labute approximate surface area is 95.0 Å². The highest BCUT2D eigenvalue weighted by Crippen LogP contribution is 2.45. The van der Waals surface area contributed by atoms with Gasteiger partial charge in [-0.05, 0) is 42.0 Å². The average Bonchev–Trinajstić information content (AvgIpc) is 2.59. The lowest BCUT2D eigenvalue weighted by Crippen LogP contribution is -2.34. The van der Waals surface area contributed by atoms with Crippen LogP contribution in [-0.4, -0.2) is 20.2 Å². The number of alkyl halides is 1. The van der Waals surface area contributed by atoms with E-state index in [1.807, 2.05) is 11.6 Å². The summed E-state index contributed by atoms with van der Waals surface area (Å²) in [6.07, 6.45) is 5.11. The molecule has 1 aliphatic carbocycles. The zero-order valence-corrected chi connectivity index (χ0v) is 10.0. The van der Waals surface area contributed by atoms with Gasteiger partial charge >= 0.3 is 0 Å². The minimum absolute atomic E-state index is 0.117. The van der Waals surface area contributed by atoms with E-state index in [-0.39, 0.29) is 5.38 Å². The predicted molar refractivity (Wildman–Crippen MR) is 58.7 cm³/mol. The fourth-order valence-electron chi connectivity index (χ4n) is 2.23. The van der Waals surface area contributed by atoms with Crippen LogP contribution in [0.2, 0.25) is 0 Å². The molecular formula is C10H17ClN4. The van der Waals surface area contributed by atoms with E-state index >= 15 is 0 Å². The maximum atomic E-state index is 6.02. The monoisotopic (exact) mass is 228 g/mol. The molecule has 2 rings (SSSR count). The summed E-state index contributed by atoms with van der Waals surface area (Å²) >= 11 is 6.02. The molecule has 1 aromatic rings. The molecule has 84 valence electrons. The van der Waals surface area contributed by atoms with Gasteiger partial charge in [0, 0.05) is 0 Å². The van der Waals surface area contributed by atoms with Gasteiger partial charge in [0.2, 0.25) is 0 Å². The van der Waals surface area contributed by atoms with Gasteiger partial charge in [-0.2, -0.15) is 0 Å². The Morgan fingerprint density at radius 2 is 2.27 bits per heavy atom. The van der Waals surface area contributed by atoms with Crippen LogP contribution in [0.5, 0.6) is 0 Å². The third kappa shape index (κ3) is 2.00. The summed E-state index contributed by atoms with van der Waals surface area (Å²) in [5, 5.41) is 11.6. The summed E-state index contributed by atoms with van der Waals surface area (Å²) in [6, 6.07) is 0. The molecule has 1 fully saturated rings. The highest BCUT2D eigenvalue weighted by molar-refractivity contribution is 6.20. The molecule has 0 saturated heterocycles. The molecule has 1 heterocycles. The lowest BCUT2D eigenvalue weighted by Gasteiger charge is -2.41. The van der Waals surface area contributed by atoms with Gasteiger partial charge < -0.3 is 0 Å². The molecule has 0 aliphatic heterocycles. The summed E-state index contributed by atoms with van der Waals surface area (Å²) in [6.45, 7) is 5.07. The lowest BCUT2D eigenvalue weighted by molar-refractivity contribution is 0.0926. The highest BCUT2D eigenvalue weighted by Gasteiger charge is 2.36. The molecule has 1 aromatic heterocycles. The van der Waals surface area contributed by atoms with Gasteiger partial charge in [0.25, 0.3) is 0 Å². The van der Waals surface area contributed by atoms with E-state index in [0.29, 0.717) is 5.41 Å². The molecule has 0 N–H and O–H groups in total. The van der Waals surface area contributed by atoms with Gasteiger partial charge in [0.15, 0.2) is 5.82 Å². The van der Waals surface area contributed by atoms with Crippen molar-refractivity contribution in [1.29, 1.82) is 0 Å². The fourth-order valence-corrected chi connectivity index (χ4v) is 2.38. The van der Waals surface area contributed by atoms with Crippen LogP contribution >= 0.6 is 11.6 Å². The summed E-state index contributed by atoms with van der Waals surface area (Å²) in [4.78, 5) is 0. The quantitative estimate of drug-likeness (QED) is 0.744. The van der Waals surface area contributed by atoms with Crippen molar-refractivity contribution >= 4 is 11.6 Å². The second-order valence-corrected chi connectivity index (χ2v) is 5.17. The molecule has 5 heteroatoms. The second kappa shape index (κ2) is 4.08. The molecule has 1 unspecified atom stereocenters. The summed E-state index contributed by atoms with van der Waals surface area (Å²) in [5.74, 6) is 0.788. The number of rotatable bonds is 4. The topological polar surface area (TPSA) is 43.6 Å². The number of hydrogen-bond donors (Lipinski definition) is 0. The van der Waals surface area contributed by atoms with Gasteiger partial charge in [0.05, 0.1) is 11.9 Å². The number of hydrogen-bond acceptors (Lipinski definition) is 3. The summed E-state index contributed by atoms with van der Waals surface area (Å²) in [7, 11) is 0. The number of halogens is 1. The Kier molecular flexibility index (Phi) is 2.96. The van der Waals surface area contributed by atoms with Crippen LogP contribution in [-0.2, 0) is 6.54 Å². The minimum atomic E-state index is -0.117. The third-order valence-electron chi connectivity index (χ3n) is 3.56. The van der Waals surface area contributed by atoms with Crippen LogP contribution in [0.1, 0.15) is 50.7 Å². The SMILES string of the molecule is CCC1(Cn2nnnc2C(C)Cl)CCC1. The lowest BCUT2D eigenvalue weighted by atomic mass is 9.67. The van der Waals surface area contributed by atoms with Crippen LogP contribution < -0.4 is 0 Å². The molecule has 4 nitrogen and oxygen atoms in total. The second-order valence-electron chi connectivity index (χ2n) is 4.52. The van der Waals surface area contributed by atoms with E-state index in [1.165, 1.54) is 25.7 Å². The maximum absolute atomic E-state index is 6.02. The summed E-state index contributed by atoms with van der Waals surface area (Å²) in [5.41, 5.74) is 0.426. The maximum Gasteiger partial charge on any atom is 0.168 e. The van der Waals surface area contributed by atoms with E-state index in [1.54, 1.807) is 0 Å². The Morgan fingerprint density at radius 3 is 2.73 bits per heavy atom. The van der Waals surface area contributed by atoms with Gasteiger partial charge in [-0.25, -0.2) is 4.68 Å². The van der Waals surface area contributed by atoms with Gasteiger partial charge in [-0.1, -0.05) is 13.3 Å². The van der Waals surface area contributed by atoms with Crippen molar-refractivity contribution in [3.05, 3.63) is 5.82 Å². The Hall–Kier alpha value is -0.640. The fraction of sp³-hybridized carbons (Fsp3) is 0.900. The number of nitrogens with zero attached hydrogens (tertiary/aromatic N) is 4. The largest absolute Gasteiger partial charge is 0.228 e. The van der Waals surface area contributed by atoms with Crippen molar-refractivity contribution in [1.82, 2.24) is 20.2 Å².